The van der Waals surface area contributed by atoms with Crippen LogP contribution in [0.1, 0.15) is 38.7 Å². The molecule has 0 aliphatic carbocycles. The number of nitrogens with one attached hydrogen (secondary N) is 1. The fourth-order valence-corrected chi connectivity index (χ4v) is 2.49. The van der Waals surface area contributed by atoms with E-state index in [1.807, 2.05) is 38.2 Å². The number of H-pyrrole nitrogens is 1. The van der Waals surface area contributed by atoms with E-state index in [2.05, 4.69) is 4.98 Å². The second kappa shape index (κ2) is 8.58. The summed E-state index contributed by atoms with van der Waals surface area (Å²) in [4.78, 5) is 14.7. The van der Waals surface area contributed by atoms with Crippen LogP contribution in [-0.2, 0) is 16.0 Å². The molecule has 1 heterocycles. The van der Waals surface area contributed by atoms with Crippen LogP contribution in [0, 0.1) is 0 Å². The van der Waals surface area contributed by atoms with Crippen molar-refractivity contribution in [1.82, 2.24) is 4.98 Å². The lowest BCUT2D eigenvalue weighted by Crippen LogP contribution is -2.11. The van der Waals surface area contributed by atoms with Gasteiger partial charge in [-0.25, -0.2) is 0 Å². The van der Waals surface area contributed by atoms with Gasteiger partial charge in [0.1, 0.15) is 5.75 Å². The van der Waals surface area contributed by atoms with Crippen LogP contribution in [0.3, 0.4) is 0 Å². The summed E-state index contributed by atoms with van der Waals surface area (Å²) < 4.78 is 10.9. The van der Waals surface area contributed by atoms with E-state index < -0.39 is 0 Å². The highest BCUT2D eigenvalue weighted by Gasteiger charge is 2.06. The summed E-state index contributed by atoms with van der Waals surface area (Å²) in [5.41, 5.74) is 7.94. The maximum Gasteiger partial charge on any atom is 0.306 e. The molecule has 0 saturated carbocycles. The van der Waals surface area contributed by atoms with Crippen molar-refractivity contribution in [2.45, 2.75) is 45.6 Å². The monoisotopic (exact) mass is 318 g/mol. The number of ether oxygens (including phenoxy) is 2. The Bertz CT molecular complexity index is 634. The Hall–Kier alpha value is -2.01. The van der Waals surface area contributed by atoms with Gasteiger partial charge in [0.05, 0.1) is 12.7 Å². The largest absolute Gasteiger partial charge is 0.494 e. The molecule has 5 nitrogen and oxygen atoms in total. The maximum absolute atomic E-state index is 11.4. The molecule has 0 aliphatic rings. The number of rotatable bonds is 9. The molecule has 0 aliphatic heterocycles. The molecular formula is C18H26N2O3. The van der Waals surface area contributed by atoms with Crippen LogP contribution in [0.15, 0.2) is 24.4 Å². The van der Waals surface area contributed by atoms with Crippen molar-refractivity contribution in [3.63, 3.8) is 0 Å². The number of benzene rings is 1. The van der Waals surface area contributed by atoms with Gasteiger partial charge in [0.25, 0.3) is 0 Å². The summed E-state index contributed by atoms with van der Waals surface area (Å²) in [6.07, 6.45) is 4.85. The van der Waals surface area contributed by atoms with Crippen molar-refractivity contribution in [3.05, 3.63) is 30.0 Å². The number of nitrogens with two attached hydrogens (primary N) is 1. The number of hydrogen-bond acceptors (Lipinski definition) is 4. The smallest absolute Gasteiger partial charge is 0.306 e. The van der Waals surface area contributed by atoms with Gasteiger partial charge < -0.3 is 20.2 Å². The first-order valence-corrected chi connectivity index (χ1v) is 8.22. The highest BCUT2D eigenvalue weighted by Crippen LogP contribution is 2.24. The third kappa shape index (κ3) is 5.28. The molecule has 5 heteroatoms. The van der Waals surface area contributed by atoms with Gasteiger partial charge in [-0.3, -0.25) is 4.79 Å². The molecule has 23 heavy (non-hydrogen) atoms. The lowest BCUT2D eigenvalue weighted by Gasteiger charge is -2.08. The normalized spacial score (nSPS) is 11.1. The van der Waals surface area contributed by atoms with Crippen molar-refractivity contribution < 1.29 is 14.3 Å². The molecule has 1 aromatic carbocycles. The van der Waals surface area contributed by atoms with Gasteiger partial charge in [0, 0.05) is 23.5 Å². The summed E-state index contributed by atoms with van der Waals surface area (Å²) in [7, 11) is 0. The van der Waals surface area contributed by atoms with Gasteiger partial charge >= 0.3 is 5.97 Å². The number of aromatic amines is 1. The number of esters is 1. The van der Waals surface area contributed by atoms with Crippen LogP contribution >= 0.6 is 0 Å². The van der Waals surface area contributed by atoms with Crippen LogP contribution in [0.25, 0.3) is 10.9 Å². The van der Waals surface area contributed by atoms with Gasteiger partial charge in [0.15, 0.2) is 0 Å². The second-order valence-electron chi connectivity index (χ2n) is 5.90. The van der Waals surface area contributed by atoms with E-state index in [0.717, 1.165) is 35.9 Å². The summed E-state index contributed by atoms with van der Waals surface area (Å²) in [5.74, 6) is 0.709. The first-order chi connectivity index (χ1) is 11.1. The fourth-order valence-electron chi connectivity index (χ4n) is 2.49. The Morgan fingerprint density at radius 1 is 1.30 bits per heavy atom. The molecule has 0 spiro atoms. The number of aromatic nitrogens is 1. The average Bonchev–Trinajstić information content (AvgIpc) is 2.89. The van der Waals surface area contributed by atoms with E-state index >= 15 is 0 Å². The number of fused-ring (bicyclic) bond motifs is 1. The molecular weight excluding hydrogens is 292 g/mol. The Balaban J connectivity index is 1.78. The summed E-state index contributed by atoms with van der Waals surface area (Å²) in [6.45, 7) is 4.94. The predicted molar refractivity (Wildman–Crippen MR) is 91.6 cm³/mol. The maximum atomic E-state index is 11.4. The first kappa shape index (κ1) is 17.3. The Kier molecular flexibility index (Phi) is 6.47. The van der Waals surface area contributed by atoms with Crippen LogP contribution in [-0.4, -0.2) is 30.2 Å². The quantitative estimate of drug-likeness (QED) is 0.550. The minimum atomic E-state index is -0.139. The van der Waals surface area contributed by atoms with Crippen molar-refractivity contribution in [1.29, 1.82) is 0 Å². The number of unbranched alkanes of at least 4 members (excludes halogenated alkanes) is 1. The minimum Gasteiger partial charge on any atom is -0.494 e. The Labute approximate surface area is 137 Å². The third-order valence-corrected chi connectivity index (χ3v) is 3.56. The SMILES string of the molecule is CC(C)OC(=O)CCCCOc1ccc2[nH]cc(CCN)c2c1. The molecule has 126 valence electrons. The molecule has 0 amide bonds. The standard InChI is InChI=1S/C18H26N2O3/c1-13(2)23-18(21)5-3-4-10-22-15-6-7-17-16(11-15)14(8-9-19)12-20-17/h6-7,11-13,20H,3-5,8-10,19H2,1-2H3. The van der Waals surface area contributed by atoms with E-state index in [0.29, 0.717) is 19.6 Å². The van der Waals surface area contributed by atoms with E-state index in [1.54, 1.807) is 0 Å². The van der Waals surface area contributed by atoms with Crippen molar-refractivity contribution in [2.75, 3.05) is 13.2 Å². The summed E-state index contributed by atoms with van der Waals surface area (Å²) in [5, 5.41) is 1.16. The Morgan fingerprint density at radius 2 is 2.13 bits per heavy atom. The van der Waals surface area contributed by atoms with E-state index in [1.165, 1.54) is 5.56 Å². The van der Waals surface area contributed by atoms with Crippen molar-refractivity contribution in [3.8, 4) is 5.75 Å². The van der Waals surface area contributed by atoms with Gasteiger partial charge in [0.2, 0.25) is 0 Å². The summed E-state index contributed by atoms with van der Waals surface area (Å²) >= 11 is 0. The molecule has 0 saturated heterocycles. The predicted octanol–water partition coefficient (Wildman–Crippen LogP) is 3.17. The van der Waals surface area contributed by atoms with Gasteiger partial charge in [-0.2, -0.15) is 0 Å². The van der Waals surface area contributed by atoms with Crippen LogP contribution in [0.2, 0.25) is 0 Å². The topological polar surface area (TPSA) is 77.3 Å². The second-order valence-corrected chi connectivity index (χ2v) is 5.90. The first-order valence-electron chi connectivity index (χ1n) is 8.22. The van der Waals surface area contributed by atoms with Crippen LogP contribution < -0.4 is 10.5 Å². The zero-order valence-corrected chi connectivity index (χ0v) is 13.9. The molecule has 0 radical (unpaired) electrons. The van der Waals surface area contributed by atoms with Crippen molar-refractivity contribution in [2.24, 2.45) is 5.73 Å². The van der Waals surface area contributed by atoms with Crippen molar-refractivity contribution >= 4 is 16.9 Å². The Morgan fingerprint density at radius 3 is 2.87 bits per heavy atom. The van der Waals surface area contributed by atoms with Crippen LogP contribution in [0.5, 0.6) is 5.75 Å². The molecule has 0 bridgehead atoms. The average molecular weight is 318 g/mol. The molecule has 0 atom stereocenters. The summed E-state index contributed by atoms with van der Waals surface area (Å²) in [6, 6.07) is 6.02. The zero-order chi connectivity index (χ0) is 16.7. The number of carbonyl (C=O) groups is 1. The fraction of sp³-hybridized carbons (Fsp3) is 0.500. The van der Waals surface area contributed by atoms with Gasteiger partial charge in [-0.1, -0.05) is 0 Å². The van der Waals surface area contributed by atoms with E-state index in [-0.39, 0.29) is 12.1 Å². The molecule has 2 aromatic rings. The van der Waals surface area contributed by atoms with E-state index in [9.17, 15) is 4.79 Å². The molecule has 3 N–H and O–H groups in total. The minimum absolute atomic E-state index is 0.0467. The number of hydrogen-bond donors (Lipinski definition) is 2. The molecule has 1 aromatic heterocycles. The lowest BCUT2D eigenvalue weighted by atomic mass is 10.1. The van der Waals surface area contributed by atoms with Gasteiger partial charge in [-0.05, 0) is 63.4 Å². The lowest BCUT2D eigenvalue weighted by molar-refractivity contribution is -0.147. The molecule has 0 fully saturated rings. The zero-order valence-electron chi connectivity index (χ0n) is 13.9. The highest BCUT2D eigenvalue weighted by molar-refractivity contribution is 5.84. The molecule has 0 unspecified atom stereocenters. The third-order valence-electron chi connectivity index (χ3n) is 3.56. The van der Waals surface area contributed by atoms with Crippen LogP contribution in [0.4, 0.5) is 0 Å². The number of carbonyl (C=O) groups excluding carboxylic acids is 1. The highest BCUT2D eigenvalue weighted by atomic mass is 16.5. The molecule has 2 rings (SSSR count). The van der Waals surface area contributed by atoms with E-state index in [4.69, 9.17) is 15.2 Å². The van der Waals surface area contributed by atoms with Gasteiger partial charge in [-0.15, -0.1) is 0 Å².